The van der Waals surface area contributed by atoms with Gasteiger partial charge < -0.3 is 15.5 Å². The summed E-state index contributed by atoms with van der Waals surface area (Å²) in [4.78, 5) is 8.62. The highest BCUT2D eigenvalue weighted by Gasteiger charge is 2.07. The van der Waals surface area contributed by atoms with E-state index < -0.39 is 0 Å². The van der Waals surface area contributed by atoms with Crippen LogP contribution < -0.4 is 11.1 Å². The Hall–Kier alpha value is -1.57. The predicted molar refractivity (Wildman–Crippen MR) is 101 cm³/mol. The number of nitrogens with two attached hydrogens (primary N) is 1. The van der Waals surface area contributed by atoms with Crippen molar-refractivity contribution in [1.29, 1.82) is 0 Å². The largest absolute Gasteiger partial charge is 0.443 e. The van der Waals surface area contributed by atoms with E-state index in [1.807, 2.05) is 26.0 Å². The lowest BCUT2D eigenvalue weighted by atomic mass is 10.1. The van der Waals surface area contributed by atoms with Gasteiger partial charge in [-0.3, -0.25) is 0 Å². The van der Waals surface area contributed by atoms with Crippen LogP contribution in [0.25, 0.3) is 0 Å². The summed E-state index contributed by atoms with van der Waals surface area (Å²) in [6.45, 7) is 8.46. The minimum absolute atomic E-state index is 0. The van der Waals surface area contributed by atoms with Crippen molar-refractivity contribution in [1.82, 2.24) is 4.98 Å². The summed E-state index contributed by atoms with van der Waals surface area (Å²) < 4.78 is 5.60. The van der Waals surface area contributed by atoms with E-state index in [2.05, 4.69) is 35.2 Å². The predicted octanol–water partition coefficient (Wildman–Crippen LogP) is 3.71. The van der Waals surface area contributed by atoms with Crippen molar-refractivity contribution in [2.45, 2.75) is 40.7 Å². The third kappa shape index (κ3) is 4.72. The Labute approximate surface area is 148 Å². The van der Waals surface area contributed by atoms with Gasteiger partial charge in [-0.1, -0.05) is 13.0 Å². The summed E-state index contributed by atoms with van der Waals surface area (Å²) in [5.41, 5.74) is 10.2. The van der Waals surface area contributed by atoms with Gasteiger partial charge in [0.05, 0.1) is 5.69 Å². The highest BCUT2D eigenvalue weighted by molar-refractivity contribution is 14.0. The van der Waals surface area contributed by atoms with Crippen LogP contribution in [0.1, 0.15) is 35.4 Å². The number of hydrogen-bond donors (Lipinski definition) is 2. The third-order valence-corrected chi connectivity index (χ3v) is 3.41. The Morgan fingerprint density at radius 1 is 1.27 bits per heavy atom. The van der Waals surface area contributed by atoms with E-state index in [-0.39, 0.29) is 24.0 Å². The summed E-state index contributed by atoms with van der Waals surface area (Å²) >= 11 is 0. The van der Waals surface area contributed by atoms with Gasteiger partial charge in [-0.05, 0) is 44.0 Å². The first-order valence-corrected chi connectivity index (χ1v) is 7.09. The number of aliphatic imine (C=N–C) groups is 1. The number of hydrogen-bond acceptors (Lipinski definition) is 3. The molecule has 2 rings (SSSR count). The normalized spacial score (nSPS) is 11.2. The van der Waals surface area contributed by atoms with E-state index >= 15 is 0 Å². The van der Waals surface area contributed by atoms with E-state index in [1.165, 1.54) is 11.1 Å². The molecule has 1 aromatic carbocycles. The van der Waals surface area contributed by atoms with Crippen LogP contribution in [-0.4, -0.2) is 10.9 Å². The molecule has 0 saturated carbocycles. The fourth-order valence-corrected chi connectivity index (χ4v) is 1.95. The van der Waals surface area contributed by atoms with Crippen molar-refractivity contribution < 1.29 is 4.42 Å². The Bertz CT molecular complexity index is 664. The SMILES string of the molecule is CCc1nc(C)c(CN=C(N)Nc2ccc(C)c(C)c2)o1.I. The van der Waals surface area contributed by atoms with Gasteiger partial charge in [-0.25, -0.2) is 9.98 Å². The fraction of sp³-hybridized carbons (Fsp3) is 0.375. The maximum Gasteiger partial charge on any atom is 0.194 e. The molecule has 0 atom stereocenters. The molecule has 0 unspecified atom stereocenters. The molecule has 0 radical (unpaired) electrons. The molecule has 0 aliphatic carbocycles. The summed E-state index contributed by atoms with van der Waals surface area (Å²) in [5, 5.41) is 3.09. The number of aromatic nitrogens is 1. The Kier molecular flexibility index (Phi) is 6.86. The number of aryl methyl sites for hydroxylation is 4. The molecule has 0 aliphatic rings. The molecule has 1 aromatic heterocycles. The molecule has 6 heteroatoms. The van der Waals surface area contributed by atoms with Gasteiger partial charge in [-0.2, -0.15) is 0 Å². The van der Waals surface area contributed by atoms with Crippen LogP contribution in [0, 0.1) is 20.8 Å². The monoisotopic (exact) mass is 414 g/mol. The van der Waals surface area contributed by atoms with Crippen LogP contribution in [-0.2, 0) is 13.0 Å². The zero-order valence-electron chi connectivity index (χ0n) is 13.4. The van der Waals surface area contributed by atoms with Crippen LogP contribution in [0.3, 0.4) is 0 Å². The molecule has 0 aliphatic heterocycles. The lowest BCUT2D eigenvalue weighted by molar-refractivity contribution is 0.461. The number of oxazole rings is 1. The molecule has 2 aromatic rings. The van der Waals surface area contributed by atoms with Crippen LogP contribution in [0.15, 0.2) is 27.6 Å². The standard InChI is InChI=1S/C16H22N4O.HI/c1-5-15-19-12(4)14(21-15)9-18-16(17)20-13-7-6-10(2)11(3)8-13;/h6-8H,5,9H2,1-4H3,(H3,17,18,20);1H. The quantitative estimate of drug-likeness (QED) is 0.455. The Balaban J connectivity index is 0.00000242. The maximum atomic E-state index is 5.91. The summed E-state index contributed by atoms with van der Waals surface area (Å²) in [6.07, 6.45) is 0.779. The first-order valence-electron chi connectivity index (χ1n) is 7.09. The Morgan fingerprint density at radius 3 is 2.59 bits per heavy atom. The smallest absolute Gasteiger partial charge is 0.194 e. The van der Waals surface area contributed by atoms with Crippen molar-refractivity contribution >= 4 is 35.6 Å². The molecule has 0 spiro atoms. The highest BCUT2D eigenvalue weighted by atomic mass is 127. The average Bonchev–Trinajstić information content (AvgIpc) is 2.81. The topological polar surface area (TPSA) is 76.4 Å². The van der Waals surface area contributed by atoms with E-state index in [4.69, 9.17) is 10.2 Å². The molecular weight excluding hydrogens is 391 g/mol. The van der Waals surface area contributed by atoms with Gasteiger partial charge in [0.15, 0.2) is 11.9 Å². The highest BCUT2D eigenvalue weighted by Crippen LogP contribution is 2.14. The second-order valence-corrected chi connectivity index (χ2v) is 5.10. The van der Waals surface area contributed by atoms with Crippen molar-refractivity contribution in [2.75, 3.05) is 5.32 Å². The van der Waals surface area contributed by atoms with Crippen LogP contribution in [0.5, 0.6) is 0 Å². The molecule has 5 nitrogen and oxygen atoms in total. The molecule has 120 valence electrons. The minimum atomic E-state index is 0. The van der Waals surface area contributed by atoms with Gasteiger partial charge in [0.25, 0.3) is 0 Å². The molecule has 0 amide bonds. The number of halogens is 1. The zero-order valence-corrected chi connectivity index (χ0v) is 15.8. The molecular formula is C16H23IN4O. The number of guanidine groups is 1. The van der Waals surface area contributed by atoms with Gasteiger partial charge in [0.1, 0.15) is 12.3 Å². The van der Waals surface area contributed by atoms with Crippen molar-refractivity contribution in [2.24, 2.45) is 10.7 Å². The van der Waals surface area contributed by atoms with Crippen LogP contribution >= 0.6 is 24.0 Å². The zero-order chi connectivity index (χ0) is 15.4. The molecule has 1 heterocycles. The van der Waals surface area contributed by atoms with Gasteiger partial charge >= 0.3 is 0 Å². The van der Waals surface area contributed by atoms with Crippen molar-refractivity contribution in [3.05, 3.63) is 46.7 Å². The summed E-state index contributed by atoms with van der Waals surface area (Å²) in [5.74, 6) is 1.86. The van der Waals surface area contributed by atoms with Gasteiger partial charge in [0.2, 0.25) is 0 Å². The van der Waals surface area contributed by atoms with E-state index in [1.54, 1.807) is 0 Å². The minimum Gasteiger partial charge on any atom is -0.443 e. The van der Waals surface area contributed by atoms with Crippen molar-refractivity contribution in [3.8, 4) is 0 Å². The number of rotatable bonds is 4. The lowest BCUT2D eigenvalue weighted by Crippen LogP contribution is -2.22. The second kappa shape index (κ2) is 8.17. The first kappa shape index (κ1) is 18.5. The van der Waals surface area contributed by atoms with Crippen molar-refractivity contribution in [3.63, 3.8) is 0 Å². The fourth-order valence-electron chi connectivity index (χ4n) is 1.95. The number of benzene rings is 1. The van der Waals surface area contributed by atoms with E-state index in [0.717, 1.165) is 29.5 Å². The van der Waals surface area contributed by atoms with E-state index in [0.29, 0.717) is 12.5 Å². The average molecular weight is 414 g/mol. The number of nitrogens with one attached hydrogen (secondary N) is 1. The Morgan fingerprint density at radius 2 is 2.00 bits per heavy atom. The summed E-state index contributed by atoms with van der Waals surface area (Å²) in [6, 6.07) is 6.09. The van der Waals surface area contributed by atoms with Crippen LogP contribution in [0.2, 0.25) is 0 Å². The maximum absolute atomic E-state index is 5.91. The number of anilines is 1. The first-order chi connectivity index (χ1) is 9.99. The molecule has 0 bridgehead atoms. The molecule has 3 N–H and O–H groups in total. The lowest BCUT2D eigenvalue weighted by Gasteiger charge is -2.07. The second-order valence-electron chi connectivity index (χ2n) is 5.10. The van der Waals surface area contributed by atoms with Gasteiger partial charge in [0, 0.05) is 12.1 Å². The molecule has 22 heavy (non-hydrogen) atoms. The summed E-state index contributed by atoms with van der Waals surface area (Å²) in [7, 11) is 0. The van der Waals surface area contributed by atoms with Crippen LogP contribution in [0.4, 0.5) is 5.69 Å². The third-order valence-electron chi connectivity index (χ3n) is 3.41. The molecule has 0 fully saturated rings. The van der Waals surface area contributed by atoms with E-state index in [9.17, 15) is 0 Å². The molecule has 0 saturated heterocycles. The number of nitrogens with zero attached hydrogens (tertiary/aromatic N) is 2. The van der Waals surface area contributed by atoms with Gasteiger partial charge in [-0.15, -0.1) is 24.0 Å².